The van der Waals surface area contributed by atoms with Crippen molar-refractivity contribution in [2.45, 2.75) is 18.7 Å². The van der Waals surface area contributed by atoms with Crippen molar-refractivity contribution in [2.75, 3.05) is 10.0 Å². The highest BCUT2D eigenvalue weighted by Crippen LogP contribution is 2.23. The first-order chi connectivity index (χ1) is 15.6. The molecule has 1 amide bonds. The second-order valence-corrected chi connectivity index (χ2v) is 9.69. The molecule has 0 bridgehead atoms. The van der Waals surface area contributed by atoms with Crippen LogP contribution in [0.25, 0.3) is 11.0 Å². The van der Waals surface area contributed by atoms with Crippen molar-refractivity contribution in [1.29, 1.82) is 0 Å². The largest absolute Gasteiger partial charge is 0.328 e. The van der Waals surface area contributed by atoms with Crippen molar-refractivity contribution in [2.24, 2.45) is 14.1 Å². The SMILES string of the molecule is Cc1ccc(S(=O)(=O)Nc2ccc(C(=O)Nc3ccc4c(c3)n(C)c(=O)n4C)cc2C)cc1. The molecule has 0 fully saturated rings. The number of carbonyl (C=O) groups excluding carboxylic acids is 1. The molecule has 1 heterocycles. The molecule has 170 valence electrons. The minimum Gasteiger partial charge on any atom is -0.322 e. The molecule has 0 atom stereocenters. The zero-order chi connectivity index (χ0) is 23.9. The Labute approximate surface area is 191 Å². The molecule has 0 spiro atoms. The Kier molecular flexibility index (Phi) is 5.59. The van der Waals surface area contributed by atoms with E-state index < -0.39 is 10.0 Å². The van der Waals surface area contributed by atoms with Gasteiger partial charge in [-0.3, -0.25) is 18.7 Å². The number of imidazole rings is 1. The first kappa shape index (κ1) is 22.3. The number of benzene rings is 3. The van der Waals surface area contributed by atoms with Gasteiger partial charge in [-0.2, -0.15) is 0 Å². The van der Waals surface area contributed by atoms with Gasteiger partial charge < -0.3 is 5.32 Å². The summed E-state index contributed by atoms with van der Waals surface area (Å²) in [6.07, 6.45) is 0. The number of anilines is 2. The van der Waals surface area contributed by atoms with E-state index in [2.05, 4.69) is 10.0 Å². The fourth-order valence-electron chi connectivity index (χ4n) is 3.63. The minimum atomic E-state index is -3.74. The third kappa shape index (κ3) is 4.27. The van der Waals surface area contributed by atoms with Crippen molar-refractivity contribution >= 4 is 38.3 Å². The van der Waals surface area contributed by atoms with Gasteiger partial charge in [-0.1, -0.05) is 17.7 Å². The van der Waals surface area contributed by atoms with E-state index >= 15 is 0 Å². The molecule has 0 unspecified atom stereocenters. The maximum atomic E-state index is 12.8. The number of rotatable bonds is 5. The monoisotopic (exact) mass is 464 g/mol. The molecule has 33 heavy (non-hydrogen) atoms. The summed E-state index contributed by atoms with van der Waals surface area (Å²) in [5.41, 5.74) is 4.23. The third-order valence-corrected chi connectivity index (χ3v) is 6.98. The van der Waals surface area contributed by atoms with Gasteiger partial charge in [0.05, 0.1) is 21.6 Å². The number of amides is 1. The summed E-state index contributed by atoms with van der Waals surface area (Å²) in [4.78, 5) is 25.1. The lowest BCUT2D eigenvalue weighted by atomic mass is 10.1. The lowest BCUT2D eigenvalue weighted by Gasteiger charge is -2.12. The highest BCUT2D eigenvalue weighted by molar-refractivity contribution is 7.92. The summed E-state index contributed by atoms with van der Waals surface area (Å²) in [5, 5.41) is 2.83. The molecule has 4 aromatic rings. The van der Waals surface area contributed by atoms with E-state index in [-0.39, 0.29) is 16.5 Å². The second-order valence-electron chi connectivity index (χ2n) is 8.01. The average molecular weight is 465 g/mol. The number of fused-ring (bicyclic) bond motifs is 1. The summed E-state index contributed by atoms with van der Waals surface area (Å²) < 4.78 is 31.0. The molecule has 2 N–H and O–H groups in total. The van der Waals surface area contributed by atoms with Crippen LogP contribution in [0.4, 0.5) is 11.4 Å². The Morgan fingerprint density at radius 3 is 2.18 bits per heavy atom. The Morgan fingerprint density at radius 2 is 1.52 bits per heavy atom. The van der Waals surface area contributed by atoms with Crippen molar-refractivity contribution in [3.63, 3.8) is 0 Å². The number of nitrogens with zero attached hydrogens (tertiary/aromatic N) is 2. The maximum Gasteiger partial charge on any atom is 0.328 e. The van der Waals surface area contributed by atoms with Crippen molar-refractivity contribution < 1.29 is 13.2 Å². The Hall–Kier alpha value is -3.85. The third-order valence-electron chi connectivity index (χ3n) is 5.59. The first-order valence-corrected chi connectivity index (χ1v) is 11.7. The van der Waals surface area contributed by atoms with Gasteiger partial charge in [-0.05, 0) is 67.9 Å². The lowest BCUT2D eigenvalue weighted by molar-refractivity contribution is 0.102. The minimum absolute atomic E-state index is 0.146. The lowest BCUT2D eigenvalue weighted by Crippen LogP contribution is -2.19. The molecule has 1 aromatic heterocycles. The summed E-state index contributed by atoms with van der Waals surface area (Å²) >= 11 is 0. The van der Waals surface area contributed by atoms with E-state index in [1.165, 1.54) is 4.57 Å². The van der Waals surface area contributed by atoms with Gasteiger partial charge >= 0.3 is 5.69 Å². The number of hydrogen-bond acceptors (Lipinski definition) is 4. The van der Waals surface area contributed by atoms with E-state index in [0.29, 0.717) is 28.0 Å². The smallest absolute Gasteiger partial charge is 0.322 e. The molecule has 8 nitrogen and oxygen atoms in total. The molecular formula is C24H24N4O4S. The molecule has 4 rings (SSSR count). The van der Waals surface area contributed by atoms with Gasteiger partial charge in [0.2, 0.25) is 0 Å². The molecule has 0 radical (unpaired) electrons. The van der Waals surface area contributed by atoms with Crippen LogP contribution in [0, 0.1) is 13.8 Å². The van der Waals surface area contributed by atoms with Gasteiger partial charge in [0.25, 0.3) is 15.9 Å². The summed E-state index contributed by atoms with van der Waals surface area (Å²) in [7, 11) is -0.370. The van der Waals surface area contributed by atoms with Crippen LogP contribution in [-0.2, 0) is 24.1 Å². The summed E-state index contributed by atoms with van der Waals surface area (Å²) in [6, 6.07) is 16.6. The van der Waals surface area contributed by atoms with Crippen molar-refractivity contribution in [1.82, 2.24) is 9.13 Å². The van der Waals surface area contributed by atoms with E-state index in [1.807, 2.05) is 6.92 Å². The molecule has 9 heteroatoms. The van der Waals surface area contributed by atoms with Crippen LogP contribution in [0.5, 0.6) is 0 Å². The standard InChI is InChI=1S/C24H24N4O4S/c1-15-5-9-19(10-6-15)33(31,32)26-20-11-7-17(13-16(20)2)23(29)25-18-8-12-21-22(14-18)28(4)24(30)27(21)3/h5-14,26H,1-4H3,(H,25,29). The number of sulfonamides is 1. The first-order valence-electron chi connectivity index (χ1n) is 10.2. The predicted molar refractivity (Wildman–Crippen MR) is 129 cm³/mol. The van der Waals surface area contributed by atoms with Crippen LogP contribution >= 0.6 is 0 Å². The zero-order valence-electron chi connectivity index (χ0n) is 18.7. The molecule has 0 saturated carbocycles. The highest BCUT2D eigenvalue weighted by Gasteiger charge is 2.16. The predicted octanol–water partition coefficient (Wildman–Crippen LogP) is 3.55. The molecule has 0 aliphatic heterocycles. The van der Waals surface area contributed by atoms with E-state index in [0.717, 1.165) is 11.1 Å². The van der Waals surface area contributed by atoms with Crippen LogP contribution in [0.3, 0.4) is 0 Å². The Morgan fingerprint density at radius 1 is 0.848 bits per heavy atom. The zero-order valence-corrected chi connectivity index (χ0v) is 19.5. The molecule has 0 aliphatic carbocycles. The normalized spacial score (nSPS) is 11.5. The number of hydrogen-bond donors (Lipinski definition) is 2. The second kappa shape index (κ2) is 8.25. The van der Waals surface area contributed by atoms with Crippen LogP contribution < -0.4 is 15.7 Å². The van der Waals surface area contributed by atoms with Gasteiger partial charge in [-0.15, -0.1) is 0 Å². The molecular weight excluding hydrogens is 440 g/mol. The highest BCUT2D eigenvalue weighted by atomic mass is 32.2. The van der Waals surface area contributed by atoms with Gasteiger partial charge in [0.1, 0.15) is 0 Å². The molecule has 0 saturated heterocycles. The van der Waals surface area contributed by atoms with Crippen LogP contribution in [0.1, 0.15) is 21.5 Å². The molecule has 3 aromatic carbocycles. The average Bonchev–Trinajstić information content (AvgIpc) is 2.99. The summed E-state index contributed by atoms with van der Waals surface area (Å²) in [6.45, 7) is 3.62. The van der Waals surface area contributed by atoms with Crippen molar-refractivity contribution in [3.8, 4) is 0 Å². The fourth-order valence-corrected chi connectivity index (χ4v) is 4.76. The Balaban J connectivity index is 1.54. The van der Waals surface area contributed by atoms with Gasteiger partial charge in [-0.25, -0.2) is 13.2 Å². The van der Waals surface area contributed by atoms with E-state index in [1.54, 1.807) is 86.2 Å². The van der Waals surface area contributed by atoms with Gasteiger partial charge in [0.15, 0.2) is 0 Å². The van der Waals surface area contributed by atoms with E-state index in [9.17, 15) is 18.0 Å². The quantitative estimate of drug-likeness (QED) is 0.472. The maximum absolute atomic E-state index is 12.8. The molecule has 0 aliphatic rings. The summed E-state index contributed by atoms with van der Waals surface area (Å²) in [5.74, 6) is -0.341. The van der Waals surface area contributed by atoms with Gasteiger partial charge in [0, 0.05) is 25.3 Å². The number of nitrogens with one attached hydrogen (secondary N) is 2. The van der Waals surface area contributed by atoms with Crippen molar-refractivity contribution in [3.05, 3.63) is 87.8 Å². The Bertz CT molecular complexity index is 1550. The van der Waals surface area contributed by atoms with Crippen LogP contribution in [0.15, 0.2) is 70.4 Å². The fraction of sp³-hybridized carbons (Fsp3) is 0.167. The number of carbonyl (C=O) groups is 1. The van der Waals surface area contributed by atoms with Crippen LogP contribution in [-0.4, -0.2) is 23.5 Å². The van der Waals surface area contributed by atoms with Crippen LogP contribution in [0.2, 0.25) is 0 Å². The number of aryl methyl sites for hydroxylation is 4. The number of aromatic nitrogens is 2. The van der Waals surface area contributed by atoms with E-state index in [4.69, 9.17) is 0 Å². The topological polar surface area (TPSA) is 102 Å².